The molecule has 0 spiro atoms. The quantitative estimate of drug-likeness (QED) is 0.475. The molecule has 0 radical (unpaired) electrons. The van der Waals surface area contributed by atoms with Crippen LogP contribution < -0.4 is 3.82 Å². The van der Waals surface area contributed by atoms with Crippen LogP contribution in [0.3, 0.4) is 0 Å². The molecule has 1 aromatic carbocycles. The monoisotopic (exact) mass is 251 g/mol. The van der Waals surface area contributed by atoms with Crippen molar-refractivity contribution < 1.29 is 16.8 Å². The van der Waals surface area contributed by atoms with Gasteiger partial charge in [0.1, 0.15) is 0 Å². The first kappa shape index (κ1) is 9.78. The molecule has 0 saturated heterocycles. The van der Waals surface area contributed by atoms with Crippen LogP contribution in [-0.4, -0.2) is 23.6 Å². The van der Waals surface area contributed by atoms with E-state index in [1.165, 1.54) is 24.3 Å². The van der Waals surface area contributed by atoms with E-state index < -0.39 is 19.4 Å². The van der Waals surface area contributed by atoms with Crippen LogP contribution >= 0.6 is 0 Å². The third-order valence-electron chi connectivity index (χ3n) is 1.22. The van der Waals surface area contributed by atoms with E-state index in [4.69, 9.17) is 4.19 Å². The van der Waals surface area contributed by atoms with Gasteiger partial charge in [-0.1, -0.05) is 0 Å². The second-order valence-corrected chi connectivity index (χ2v) is 3.31. The van der Waals surface area contributed by atoms with Gasteiger partial charge in [-0.05, 0) is 0 Å². The maximum absolute atomic E-state index is 10.2. The van der Waals surface area contributed by atoms with Crippen molar-refractivity contribution >= 4 is 20.2 Å². The molecule has 0 aromatic heterocycles. The fourth-order valence-electron chi connectivity index (χ4n) is 0.706. The van der Waals surface area contributed by atoms with E-state index in [9.17, 15) is 13.9 Å². The number of hydrogen-bond acceptors (Lipinski definition) is 4. The molecule has 1 unspecified atom stereocenters. The Labute approximate surface area is 77.6 Å². The molecule has 1 aromatic rings. The Hall–Kier alpha value is -1.30. The summed E-state index contributed by atoms with van der Waals surface area (Å²) in [5.74, 6) is 0.146. The third kappa shape index (κ3) is 2.90. The van der Waals surface area contributed by atoms with Crippen molar-refractivity contribution in [2.24, 2.45) is 0 Å². The molecule has 1 N–H and O–H groups in total. The van der Waals surface area contributed by atoms with Crippen molar-refractivity contribution in [3.8, 4) is 5.75 Å². The summed E-state index contributed by atoms with van der Waals surface area (Å²) in [5.41, 5.74) is -0.0901. The van der Waals surface area contributed by atoms with Gasteiger partial charge in [0.2, 0.25) is 0 Å². The SMILES string of the molecule is O=[N+]([O-])c1ccc(O[Se](=O)O)cc1. The van der Waals surface area contributed by atoms with Crippen molar-refractivity contribution in [3.05, 3.63) is 34.4 Å². The Morgan fingerprint density at radius 2 is 1.92 bits per heavy atom. The van der Waals surface area contributed by atoms with Crippen LogP contribution in [0.5, 0.6) is 5.75 Å². The molecule has 7 heteroatoms. The normalized spacial score (nSPS) is 12.1. The molecular weight excluding hydrogens is 245 g/mol. The van der Waals surface area contributed by atoms with E-state index in [1.54, 1.807) is 0 Å². The third-order valence-corrected chi connectivity index (χ3v) is 1.92. The van der Waals surface area contributed by atoms with Gasteiger partial charge in [-0.25, -0.2) is 0 Å². The summed E-state index contributed by atoms with van der Waals surface area (Å²) in [6, 6.07) is 4.93. The van der Waals surface area contributed by atoms with Crippen molar-refractivity contribution in [1.29, 1.82) is 0 Å². The molecule has 0 heterocycles. The molecule has 13 heavy (non-hydrogen) atoms. The zero-order chi connectivity index (χ0) is 9.84. The Morgan fingerprint density at radius 1 is 1.38 bits per heavy atom. The minimum atomic E-state index is -3.24. The molecule has 6 nitrogen and oxygen atoms in total. The van der Waals surface area contributed by atoms with E-state index in [0.29, 0.717) is 0 Å². The second-order valence-electron chi connectivity index (χ2n) is 2.05. The maximum atomic E-state index is 10.2. The number of hydrogen-bond donors (Lipinski definition) is 1. The van der Waals surface area contributed by atoms with Crippen LogP contribution in [0, 0.1) is 10.1 Å². The summed E-state index contributed by atoms with van der Waals surface area (Å²) < 4.78 is 23.1. The van der Waals surface area contributed by atoms with E-state index in [1.807, 2.05) is 0 Å². The van der Waals surface area contributed by atoms with Crippen LogP contribution in [0.2, 0.25) is 0 Å². The number of benzene rings is 1. The van der Waals surface area contributed by atoms with Crippen LogP contribution in [0.25, 0.3) is 0 Å². The molecule has 0 aliphatic heterocycles. The molecule has 0 amide bonds. The van der Waals surface area contributed by atoms with Gasteiger partial charge < -0.3 is 0 Å². The topological polar surface area (TPSA) is 89.7 Å². The van der Waals surface area contributed by atoms with Crippen LogP contribution in [-0.2, 0) is 3.83 Å². The molecular formula is C6H5NO5Se. The van der Waals surface area contributed by atoms with E-state index >= 15 is 0 Å². The average Bonchev–Trinajstić information content (AvgIpc) is 2.04. The van der Waals surface area contributed by atoms with Crippen molar-refractivity contribution in [1.82, 2.24) is 0 Å². The van der Waals surface area contributed by atoms with Gasteiger partial charge in [0, 0.05) is 0 Å². The van der Waals surface area contributed by atoms with Gasteiger partial charge in [0.15, 0.2) is 0 Å². The summed E-state index contributed by atoms with van der Waals surface area (Å²) in [7, 11) is 0. The molecule has 0 fully saturated rings. The van der Waals surface area contributed by atoms with Crippen LogP contribution in [0.4, 0.5) is 5.69 Å². The summed E-state index contributed by atoms with van der Waals surface area (Å²) in [4.78, 5) is 9.63. The van der Waals surface area contributed by atoms with Crippen molar-refractivity contribution in [2.75, 3.05) is 0 Å². The number of nitro benzene ring substituents is 1. The summed E-state index contributed by atoms with van der Waals surface area (Å²) in [5, 5.41) is 10.2. The van der Waals surface area contributed by atoms with E-state index in [-0.39, 0.29) is 11.4 Å². The van der Waals surface area contributed by atoms with Gasteiger partial charge in [-0.3, -0.25) is 0 Å². The van der Waals surface area contributed by atoms with Gasteiger partial charge in [-0.2, -0.15) is 0 Å². The summed E-state index contributed by atoms with van der Waals surface area (Å²) in [6.07, 6.45) is 0. The summed E-state index contributed by atoms with van der Waals surface area (Å²) >= 11 is -3.24. The van der Waals surface area contributed by atoms with Crippen molar-refractivity contribution in [2.45, 2.75) is 0 Å². The predicted octanol–water partition coefficient (Wildman–Crippen LogP) is 0.381. The van der Waals surface area contributed by atoms with E-state index in [0.717, 1.165) is 0 Å². The molecule has 0 aliphatic rings. The first-order chi connectivity index (χ1) is 6.09. The Kier molecular flexibility index (Phi) is 3.07. The number of nitro groups is 1. The molecule has 70 valence electrons. The zero-order valence-electron chi connectivity index (χ0n) is 6.25. The number of rotatable bonds is 3. The first-order valence-corrected chi connectivity index (χ1v) is 5.29. The van der Waals surface area contributed by atoms with Gasteiger partial charge in [-0.15, -0.1) is 0 Å². The molecule has 0 saturated carbocycles. The van der Waals surface area contributed by atoms with Crippen LogP contribution in [0.15, 0.2) is 24.3 Å². The predicted molar refractivity (Wildman–Crippen MR) is 42.4 cm³/mol. The molecule has 0 bridgehead atoms. The van der Waals surface area contributed by atoms with E-state index in [2.05, 4.69) is 3.82 Å². The molecule has 1 rings (SSSR count). The number of non-ortho nitro benzene ring substituents is 1. The Morgan fingerprint density at radius 3 is 2.31 bits per heavy atom. The molecule has 0 aliphatic carbocycles. The van der Waals surface area contributed by atoms with Crippen LogP contribution in [0.1, 0.15) is 0 Å². The average molecular weight is 250 g/mol. The number of nitrogens with zero attached hydrogens (tertiary/aromatic N) is 1. The zero-order valence-corrected chi connectivity index (χ0v) is 7.96. The summed E-state index contributed by atoms with van der Waals surface area (Å²) in [6.45, 7) is 0. The fraction of sp³-hybridized carbons (Fsp3) is 0. The second kappa shape index (κ2) is 4.08. The molecule has 1 atom stereocenters. The first-order valence-electron chi connectivity index (χ1n) is 3.13. The van der Waals surface area contributed by atoms with Crippen molar-refractivity contribution in [3.63, 3.8) is 0 Å². The Balaban J connectivity index is 2.81. The van der Waals surface area contributed by atoms with Gasteiger partial charge in [0.05, 0.1) is 0 Å². The van der Waals surface area contributed by atoms with Gasteiger partial charge >= 0.3 is 77.1 Å². The van der Waals surface area contributed by atoms with Gasteiger partial charge in [0.25, 0.3) is 0 Å². The fourth-order valence-corrected chi connectivity index (χ4v) is 1.28. The standard InChI is InChI=1S/C6H5NO5Se/c8-7(9)5-1-3-6(4-2-5)12-13(10)11/h1-4H,(H,10,11). The minimum absolute atomic E-state index is 0.0901. The Bertz CT molecular complexity index is 335.